The first-order valence-corrected chi connectivity index (χ1v) is 17.6. The Kier molecular flexibility index (Phi) is 22.5. The third kappa shape index (κ3) is 16.7. The van der Waals surface area contributed by atoms with E-state index in [0.29, 0.717) is 0 Å². The van der Waals surface area contributed by atoms with Crippen LogP contribution in [0.4, 0.5) is 0 Å². The fourth-order valence-electron chi connectivity index (χ4n) is 5.83. The topological polar surface area (TPSA) is 0 Å². The SMILES string of the molecule is CCCCCCCCCCCC[PH](CCCCCCCCCCCC)(C(C)C)C(C)C. The van der Waals surface area contributed by atoms with Gasteiger partial charge in [-0.05, 0) is 0 Å². The molecule has 0 radical (unpaired) electrons. The van der Waals surface area contributed by atoms with Gasteiger partial charge in [0.2, 0.25) is 0 Å². The Balaban J connectivity index is 3.98. The van der Waals surface area contributed by atoms with Crippen LogP contribution in [0.15, 0.2) is 0 Å². The Labute approximate surface area is 200 Å². The molecule has 0 amide bonds. The van der Waals surface area contributed by atoms with Gasteiger partial charge in [0.05, 0.1) is 0 Å². The van der Waals surface area contributed by atoms with Crippen LogP contribution in [0.25, 0.3) is 0 Å². The molecule has 190 valence electrons. The molecule has 0 fully saturated rings. The normalized spacial score (nSPS) is 12.9. The fraction of sp³-hybridized carbons (Fsp3) is 1.00. The third-order valence-electron chi connectivity index (χ3n) is 8.29. The van der Waals surface area contributed by atoms with E-state index in [4.69, 9.17) is 0 Å². The van der Waals surface area contributed by atoms with Crippen LogP contribution in [0.5, 0.6) is 0 Å². The molecule has 0 spiro atoms. The molecule has 0 aliphatic heterocycles. The average molecular weight is 457 g/mol. The van der Waals surface area contributed by atoms with Crippen LogP contribution in [0, 0.1) is 0 Å². The average Bonchev–Trinajstić information content (AvgIpc) is 2.74. The van der Waals surface area contributed by atoms with Gasteiger partial charge in [0.1, 0.15) is 0 Å². The van der Waals surface area contributed by atoms with E-state index in [0.717, 1.165) is 11.3 Å². The second-order valence-corrected chi connectivity index (χ2v) is 17.2. The van der Waals surface area contributed by atoms with Crippen LogP contribution >= 0.6 is 7.26 Å². The molecule has 0 aromatic rings. The summed E-state index contributed by atoms with van der Waals surface area (Å²) < 4.78 is 0. The van der Waals surface area contributed by atoms with E-state index in [-0.39, 0.29) is 0 Å². The van der Waals surface area contributed by atoms with Crippen LogP contribution < -0.4 is 0 Å². The molecule has 0 saturated carbocycles. The number of hydrogen-bond acceptors (Lipinski definition) is 0. The zero-order valence-electron chi connectivity index (χ0n) is 23.2. The summed E-state index contributed by atoms with van der Waals surface area (Å²) in [6, 6.07) is 0. The summed E-state index contributed by atoms with van der Waals surface area (Å²) in [5, 5.41) is 0. The van der Waals surface area contributed by atoms with Crippen LogP contribution in [-0.4, -0.2) is 23.6 Å². The van der Waals surface area contributed by atoms with Gasteiger partial charge in [0, 0.05) is 0 Å². The van der Waals surface area contributed by atoms with Crippen LogP contribution in [0.1, 0.15) is 170 Å². The second-order valence-electron chi connectivity index (χ2n) is 11.4. The van der Waals surface area contributed by atoms with E-state index in [2.05, 4.69) is 41.5 Å². The first-order chi connectivity index (χ1) is 15.0. The van der Waals surface area contributed by atoms with Crippen molar-refractivity contribution < 1.29 is 0 Å². The van der Waals surface area contributed by atoms with Crippen LogP contribution in [0.3, 0.4) is 0 Å². The van der Waals surface area contributed by atoms with Crippen molar-refractivity contribution in [3.05, 3.63) is 0 Å². The first kappa shape index (κ1) is 31.4. The van der Waals surface area contributed by atoms with Crippen molar-refractivity contribution in [3.8, 4) is 0 Å². The van der Waals surface area contributed by atoms with Gasteiger partial charge in [-0.3, -0.25) is 0 Å². The maximum absolute atomic E-state index is 2.57. The molecular weight excluding hydrogens is 391 g/mol. The second kappa shape index (κ2) is 22.2. The van der Waals surface area contributed by atoms with Gasteiger partial charge < -0.3 is 0 Å². The zero-order chi connectivity index (χ0) is 23.2. The van der Waals surface area contributed by atoms with Gasteiger partial charge in [0.25, 0.3) is 0 Å². The molecule has 0 heterocycles. The molecule has 0 aromatic heterocycles. The summed E-state index contributed by atoms with van der Waals surface area (Å²) in [5.74, 6) is 0. The van der Waals surface area contributed by atoms with Crippen molar-refractivity contribution in [2.24, 2.45) is 0 Å². The quantitative estimate of drug-likeness (QED) is 0.1000. The first-order valence-electron chi connectivity index (χ1n) is 15.0. The van der Waals surface area contributed by atoms with Gasteiger partial charge in [-0.15, -0.1) is 0 Å². The Morgan fingerprint density at radius 1 is 0.355 bits per heavy atom. The predicted octanol–water partition coefficient (Wildman–Crippen LogP) is 11.4. The van der Waals surface area contributed by atoms with E-state index >= 15 is 0 Å². The number of rotatable bonds is 24. The van der Waals surface area contributed by atoms with E-state index in [9.17, 15) is 0 Å². The van der Waals surface area contributed by atoms with Crippen molar-refractivity contribution >= 4 is 7.26 Å². The van der Waals surface area contributed by atoms with Gasteiger partial charge in [0.15, 0.2) is 0 Å². The van der Waals surface area contributed by atoms with Crippen molar-refractivity contribution in [3.63, 3.8) is 0 Å². The molecule has 0 rings (SSSR count). The zero-order valence-corrected chi connectivity index (χ0v) is 24.2. The van der Waals surface area contributed by atoms with E-state index in [1.165, 1.54) is 128 Å². The molecule has 0 aromatic carbocycles. The summed E-state index contributed by atoms with van der Waals surface area (Å²) in [6.07, 6.45) is 32.7. The summed E-state index contributed by atoms with van der Waals surface area (Å²) in [5.41, 5.74) is 1.93. The van der Waals surface area contributed by atoms with Gasteiger partial charge in [-0.2, -0.15) is 0 Å². The minimum atomic E-state index is -1.13. The maximum atomic E-state index is 2.57. The van der Waals surface area contributed by atoms with Crippen LogP contribution in [0.2, 0.25) is 0 Å². The van der Waals surface area contributed by atoms with E-state index in [1.807, 2.05) is 0 Å². The third-order valence-corrected chi connectivity index (χ3v) is 15.5. The summed E-state index contributed by atoms with van der Waals surface area (Å²) in [4.78, 5) is 0. The van der Waals surface area contributed by atoms with E-state index < -0.39 is 7.26 Å². The van der Waals surface area contributed by atoms with Gasteiger partial charge >= 0.3 is 201 Å². The Morgan fingerprint density at radius 2 is 0.581 bits per heavy atom. The Morgan fingerprint density at radius 3 is 0.806 bits per heavy atom. The molecule has 0 saturated heterocycles. The molecule has 31 heavy (non-hydrogen) atoms. The fourth-order valence-corrected chi connectivity index (χ4v) is 11.5. The molecule has 0 bridgehead atoms. The van der Waals surface area contributed by atoms with Crippen molar-refractivity contribution in [1.82, 2.24) is 0 Å². The van der Waals surface area contributed by atoms with E-state index in [1.54, 1.807) is 12.3 Å². The predicted molar refractivity (Wildman–Crippen MR) is 152 cm³/mol. The summed E-state index contributed by atoms with van der Waals surface area (Å²) >= 11 is 0. The molecule has 0 atom stereocenters. The molecule has 0 unspecified atom stereocenters. The molecule has 0 nitrogen and oxygen atoms in total. The number of unbranched alkanes of at least 4 members (excludes halogenated alkanes) is 18. The Hall–Kier alpha value is 0.430. The summed E-state index contributed by atoms with van der Waals surface area (Å²) in [7, 11) is -1.13. The summed E-state index contributed by atoms with van der Waals surface area (Å²) in [6.45, 7) is 14.9. The van der Waals surface area contributed by atoms with Crippen LogP contribution in [-0.2, 0) is 0 Å². The van der Waals surface area contributed by atoms with Crippen molar-refractivity contribution in [2.45, 2.75) is 181 Å². The standard InChI is InChI=1S/C30H65P/c1-7-9-11-13-15-17-19-21-23-25-27-31(29(3)4,30(5)6)28-26-24-22-20-18-16-14-12-10-8-2/h29-31H,7-28H2,1-6H3. The molecular formula is C30H65P. The van der Waals surface area contributed by atoms with Crippen molar-refractivity contribution in [2.75, 3.05) is 12.3 Å². The van der Waals surface area contributed by atoms with Gasteiger partial charge in [-0.1, -0.05) is 0 Å². The molecule has 1 heteroatoms. The van der Waals surface area contributed by atoms with Crippen molar-refractivity contribution in [1.29, 1.82) is 0 Å². The Bertz CT molecular complexity index is 312. The monoisotopic (exact) mass is 456 g/mol. The minimum absolute atomic E-state index is 0.963. The number of hydrogen-bond donors (Lipinski definition) is 0. The molecule has 0 N–H and O–H groups in total. The molecule has 0 aliphatic rings. The molecule has 0 aliphatic carbocycles. The van der Waals surface area contributed by atoms with Gasteiger partial charge in [-0.25, -0.2) is 0 Å².